The number of nitrogens with one attached hydrogen (secondary N) is 1. The Bertz CT molecular complexity index is 398. The summed E-state index contributed by atoms with van der Waals surface area (Å²) in [4.78, 5) is 26.8. The van der Waals surface area contributed by atoms with Crippen LogP contribution in [0.5, 0.6) is 0 Å². The first-order valence-corrected chi connectivity index (χ1v) is 6.31. The number of aliphatic hydroxyl groups is 1. The van der Waals surface area contributed by atoms with Crippen LogP contribution in [0.3, 0.4) is 0 Å². The van der Waals surface area contributed by atoms with Crippen LogP contribution in [0.15, 0.2) is 0 Å². The third-order valence-electron chi connectivity index (χ3n) is 3.42. The Morgan fingerprint density at radius 1 is 1.30 bits per heavy atom. The maximum atomic E-state index is 12.1. The molecule has 0 spiro atoms. The molecule has 2 aliphatic rings. The number of aliphatic hydroxyl groups excluding tert-OH is 1. The highest BCUT2D eigenvalue weighted by atomic mass is 19.4. The van der Waals surface area contributed by atoms with E-state index in [2.05, 4.69) is 10.2 Å². The van der Waals surface area contributed by atoms with Gasteiger partial charge in [-0.25, -0.2) is 4.79 Å². The molecule has 1 saturated heterocycles. The lowest BCUT2D eigenvalue weighted by molar-refractivity contribution is -0.241. The van der Waals surface area contributed by atoms with E-state index in [9.17, 15) is 27.9 Å². The second-order valence-electron chi connectivity index (χ2n) is 5.02. The molecule has 9 heteroatoms. The summed E-state index contributed by atoms with van der Waals surface area (Å²) in [6.45, 7) is -0.315. The molecular formula is C11H15F3N2O4. The summed E-state index contributed by atoms with van der Waals surface area (Å²) < 4.78 is 36.4. The largest absolute Gasteiger partial charge is 0.492 e. The predicted octanol–water partition coefficient (Wildman–Crippen LogP) is 0.111. The molecule has 2 atom stereocenters. The third-order valence-corrected chi connectivity index (χ3v) is 3.42. The summed E-state index contributed by atoms with van der Waals surface area (Å²) in [5.41, 5.74) is 0. The van der Waals surface area contributed by atoms with Crippen molar-refractivity contribution >= 4 is 11.9 Å². The van der Waals surface area contributed by atoms with Crippen molar-refractivity contribution in [3.05, 3.63) is 0 Å². The molecule has 2 rings (SSSR count). The first-order chi connectivity index (χ1) is 9.27. The lowest BCUT2D eigenvalue weighted by Gasteiger charge is -2.29. The van der Waals surface area contributed by atoms with Crippen molar-refractivity contribution < 1.29 is 32.7 Å². The molecule has 0 radical (unpaired) electrons. The van der Waals surface area contributed by atoms with Crippen LogP contribution in [-0.2, 0) is 14.4 Å². The van der Waals surface area contributed by atoms with Crippen molar-refractivity contribution in [3.63, 3.8) is 0 Å². The van der Waals surface area contributed by atoms with Crippen molar-refractivity contribution in [2.75, 3.05) is 6.54 Å². The summed E-state index contributed by atoms with van der Waals surface area (Å²) in [5.74, 6) is -2.92. The van der Waals surface area contributed by atoms with E-state index < -0.39 is 30.2 Å². The number of rotatable bonds is 3. The second kappa shape index (κ2) is 5.57. The molecule has 0 aromatic carbocycles. The predicted molar refractivity (Wildman–Crippen MR) is 59.0 cm³/mol. The van der Waals surface area contributed by atoms with Gasteiger partial charge in [0.2, 0.25) is 5.91 Å². The van der Waals surface area contributed by atoms with Crippen LogP contribution >= 0.6 is 0 Å². The van der Waals surface area contributed by atoms with Gasteiger partial charge in [0.1, 0.15) is 6.04 Å². The van der Waals surface area contributed by atoms with Gasteiger partial charge >= 0.3 is 12.1 Å². The van der Waals surface area contributed by atoms with E-state index in [1.807, 2.05) is 0 Å². The van der Waals surface area contributed by atoms with Gasteiger partial charge in [0.25, 0.3) is 0 Å². The highest BCUT2D eigenvalue weighted by Crippen LogP contribution is 2.24. The molecule has 20 heavy (non-hydrogen) atoms. The van der Waals surface area contributed by atoms with Gasteiger partial charge in [0.05, 0.1) is 12.6 Å². The molecule has 2 fully saturated rings. The molecule has 1 aliphatic carbocycles. The van der Waals surface area contributed by atoms with E-state index in [0.717, 1.165) is 19.3 Å². The topological polar surface area (TPSA) is 78.9 Å². The molecule has 0 aromatic rings. The quantitative estimate of drug-likeness (QED) is 0.773. The summed E-state index contributed by atoms with van der Waals surface area (Å²) in [7, 11) is 0. The average molecular weight is 296 g/mol. The molecular weight excluding hydrogens is 281 g/mol. The van der Waals surface area contributed by atoms with Gasteiger partial charge in [-0.3, -0.25) is 4.79 Å². The minimum atomic E-state index is -5.14. The number of nitrogens with zero attached hydrogens (tertiary/aromatic N) is 1. The molecule has 114 valence electrons. The summed E-state index contributed by atoms with van der Waals surface area (Å²) in [6.07, 6.45) is -3.57. The van der Waals surface area contributed by atoms with Gasteiger partial charge < -0.3 is 15.3 Å². The van der Waals surface area contributed by atoms with E-state index >= 15 is 0 Å². The van der Waals surface area contributed by atoms with Crippen LogP contribution in [0.25, 0.3) is 0 Å². The van der Waals surface area contributed by atoms with Gasteiger partial charge in [-0.1, -0.05) is 0 Å². The van der Waals surface area contributed by atoms with Gasteiger partial charge in [-0.2, -0.15) is 13.2 Å². The molecule has 1 amide bonds. The molecule has 1 heterocycles. The summed E-state index contributed by atoms with van der Waals surface area (Å²) >= 11 is 0. The van der Waals surface area contributed by atoms with Gasteiger partial charge in [-0.15, -0.1) is 5.06 Å². The Morgan fingerprint density at radius 3 is 2.45 bits per heavy atom. The monoisotopic (exact) mass is 296 g/mol. The van der Waals surface area contributed by atoms with E-state index in [-0.39, 0.29) is 19.0 Å². The maximum absolute atomic E-state index is 12.1. The second-order valence-corrected chi connectivity index (χ2v) is 5.02. The zero-order chi connectivity index (χ0) is 14.9. The highest BCUT2D eigenvalue weighted by Gasteiger charge is 2.46. The number of alkyl halides is 3. The van der Waals surface area contributed by atoms with Crippen molar-refractivity contribution in [2.45, 2.75) is 50.0 Å². The van der Waals surface area contributed by atoms with Crippen molar-refractivity contribution in [3.8, 4) is 0 Å². The fourth-order valence-electron chi connectivity index (χ4n) is 2.13. The fraction of sp³-hybridized carbons (Fsp3) is 0.818. The first-order valence-electron chi connectivity index (χ1n) is 6.31. The van der Waals surface area contributed by atoms with Crippen LogP contribution in [0.4, 0.5) is 13.2 Å². The fourth-order valence-corrected chi connectivity index (χ4v) is 2.13. The number of hydroxylamine groups is 2. The highest BCUT2D eigenvalue weighted by molar-refractivity contribution is 5.83. The van der Waals surface area contributed by atoms with Crippen molar-refractivity contribution in [2.24, 2.45) is 0 Å². The van der Waals surface area contributed by atoms with Crippen LogP contribution in [-0.4, -0.2) is 53.0 Å². The number of carbonyl (C=O) groups excluding carboxylic acids is 2. The Labute approximate surface area is 112 Å². The SMILES string of the molecule is O=C(NC1CCC1)[C@@H]1C[C@@H](O)CN1OC(=O)C(F)(F)F. The van der Waals surface area contributed by atoms with E-state index in [0.29, 0.717) is 5.06 Å². The molecule has 1 saturated carbocycles. The van der Waals surface area contributed by atoms with Crippen LogP contribution in [0.2, 0.25) is 0 Å². The van der Waals surface area contributed by atoms with E-state index in [4.69, 9.17) is 0 Å². The summed E-state index contributed by atoms with van der Waals surface area (Å²) in [6, 6.07) is -1.07. The number of hydrogen-bond donors (Lipinski definition) is 2. The maximum Gasteiger partial charge on any atom is 0.492 e. The standard InChI is InChI=1S/C11H15F3N2O4/c12-11(13,14)10(19)20-16-5-7(17)4-8(16)9(18)15-6-2-1-3-6/h6-8,17H,1-5H2,(H,15,18)/t7-,8+/m1/s1. The van der Waals surface area contributed by atoms with E-state index in [1.54, 1.807) is 0 Å². The molecule has 0 bridgehead atoms. The normalized spacial score (nSPS) is 28.0. The number of amides is 1. The van der Waals surface area contributed by atoms with Gasteiger partial charge in [0.15, 0.2) is 0 Å². The van der Waals surface area contributed by atoms with E-state index in [1.165, 1.54) is 0 Å². The molecule has 1 aliphatic heterocycles. The number of carbonyl (C=O) groups is 2. The zero-order valence-corrected chi connectivity index (χ0v) is 10.5. The Morgan fingerprint density at radius 2 is 1.95 bits per heavy atom. The minimum absolute atomic E-state index is 0.0143. The summed E-state index contributed by atoms with van der Waals surface area (Å²) in [5, 5.41) is 12.7. The number of hydrogen-bond acceptors (Lipinski definition) is 5. The Hall–Kier alpha value is -1.35. The van der Waals surface area contributed by atoms with Crippen molar-refractivity contribution in [1.82, 2.24) is 10.4 Å². The average Bonchev–Trinajstić information content (AvgIpc) is 2.63. The van der Waals surface area contributed by atoms with Gasteiger partial charge in [0, 0.05) is 12.5 Å². The lowest BCUT2D eigenvalue weighted by atomic mass is 9.93. The minimum Gasteiger partial charge on any atom is -0.392 e. The van der Waals surface area contributed by atoms with Crippen molar-refractivity contribution in [1.29, 1.82) is 0 Å². The van der Waals surface area contributed by atoms with Crippen LogP contribution in [0, 0.1) is 0 Å². The number of β-amino-alcohol motifs (C(OH)–C–C–N with tert-alkyl or cyclic N) is 1. The first kappa shape index (κ1) is 15.0. The van der Waals surface area contributed by atoms with Gasteiger partial charge in [-0.05, 0) is 19.3 Å². The third kappa shape index (κ3) is 3.40. The molecule has 0 unspecified atom stereocenters. The van der Waals surface area contributed by atoms with Crippen LogP contribution in [0.1, 0.15) is 25.7 Å². The Balaban J connectivity index is 1.95. The smallest absolute Gasteiger partial charge is 0.392 e. The lowest BCUT2D eigenvalue weighted by Crippen LogP contribution is -2.50. The molecule has 2 N–H and O–H groups in total. The Kier molecular flexibility index (Phi) is 4.19. The molecule has 6 nitrogen and oxygen atoms in total. The number of halogens is 3. The van der Waals surface area contributed by atoms with Crippen LogP contribution < -0.4 is 5.32 Å². The molecule has 0 aromatic heterocycles. The zero-order valence-electron chi connectivity index (χ0n) is 10.5.